The van der Waals surface area contributed by atoms with E-state index in [0.29, 0.717) is 23.6 Å². The number of esters is 1. The standard InChI is InChI=1S/C25H27NO6/c1-4-28-23(27)18(14-19-12-8-9-13-26-19)15-20-21(29-16-17-10-6-5-7-11-17)22-24(30-20)32-25(2,3)31-22/h5-15,21-22,24H,4,16H2,1-3H3/b18-14-,20-15-/t21-,22+,24+/m0/s1. The predicted octanol–water partition coefficient (Wildman–Crippen LogP) is 4.01. The SMILES string of the molecule is CCOC(=O)C(=C\c1ccccn1)/C=C1\O[C@@H]2OC(C)(C)O[C@@H]2[C@H]1OCc1ccccc1. The van der Waals surface area contributed by atoms with Crippen LogP contribution >= 0.6 is 0 Å². The Bertz CT molecular complexity index is 986. The van der Waals surface area contributed by atoms with Gasteiger partial charge in [-0.3, -0.25) is 4.98 Å². The second kappa shape index (κ2) is 9.65. The Morgan fingerprint density at radius 1 is 1.12 bits per heavy atom. The van der Waals surface area contributed by atoms with Gasteiger partial charge in [-0.1, -0.05) is 36.4 Å². The maximum atomic E-state index is 12.6. The average Bonchev–Trinajstić information content (AvgIpc) is 3.24. The number of carbonyl (C=O) groups is 1. The predicted molar refractivity (Wildman–Crippen MR) is 117 cm³/mol. The Balaban J connectivity index is 1.64. The highest BCUT2D eigenvalue weighted by atomic mass is 16.8. The number of aromatic nitrogens is 1. The molecule has 0 saturated carbocycles. The minimum absolute atomic E-state index is 0.252. The number of benzene rings is 1. The molecule has 1 aromatic heterocycles. The third-order valence-electron chi connectivity index (χ3n) is 4.99. The molecule has 0 spiro atoms. The van der Waals surface area contributed by atoms with Crippen LogP contribution in [0, 0.1) is 0 Å². The van der Waals surface area contributed by atoms with Crippen LogP contribution in [0.1, 0.15) is 32.0 Å². The zero-order valence-electron chi connectivity index (χ0n) is 18.4. The van der Waals surface area contributed by atoms with Gasteiger partial charge < -0.3 is 23.7 Å². The van der Waals surface area contributed by atoms with E-state index in [0.717, 1.165) is 5.56 Å². The summed E-state index contributed by atoms with van der Waals surface area (Å²) in [6.07, 6.45) is 3.30. The third kappa shape index (κ3) is 5.24. The van der Waals surface area contributed by atoms with Gasteiger partial charge in [-0.25, -0.2) is 4.79 Å². The molecule has 3 heterocycles. The number of pyridine rings is 1. The summed E-state index contributed by atoms with van der Waals surface area (Å²) in [4.78, 5) is 16.9. The van der Waals surface area contributed by atoms with Crippen molar-refractivity contribution in [3.63, 3.8) is 0 Å². The molecule has 0 bridgehead atoms. The van der Waals surface area contributed by atoms with Crippen molar-refractivity contribution >= 4 is 12.0 Å². The highest BCUT2D eigenvalue weighted by Gasteiger charge is 2.54. The molecule has 32 heavy (non-hydrogen) atoms. The number of rotatable bonds is 7. The molecule has 0 N–H and O–H groups in total. The fraction of sp³-hybridized carbons (Fsp3) is 0.360. The van der Waals surface area contributed by atoms with Crippen LogP contribution in [0.15, 0.2) is 72.1 Å². The van der Waals surface area contributed by atoms with Gasteiger partial charge in [0.2, 0.25) is 6.29 Å². The number of hydrogen-bond donors (Lipinski definition) is 0. The molecule has 7 nitrogen and oxygen atoms in total. The molecule has 168 valence electrons. The molecule has 2 aliphatic heterocycles. The van der Waals surface area contributed by atoms with Gasteiger partial charge in [-0.2, -0.15) is 0 Å². The molecule has 0 radical (unpaired) electrons. The van der Waals surface area contributed by atoms with Crippen molar-refractivity contribution in [3.05, 3.63) is 83.4 Å². The number of ether oxygens (including phenoxy) is 5. The smallest absolute Gasteiger partial charge is 0.338 e. The number of fused-ring (bicyclic) bond motifs is 1. The van der Waals surface area contributed by atoms with Crippen molar-refractivity contribution in [1.29, 1.82) is 0 Å². The monoisotopic (exact) mass is 437 g/mol. The molecule has 2 aromatic rings. The summed E-state index contributed by atoms with van der Waals surface area (Å²) in [5, 5.41) is 0. The first-order valence-corrected chi connectivity index (χ1v) is 10.6. The molecule has 7 heteroatoms. The molecule has 3 atom stereocenters. The van der Waals surface area contributed by atoms with E-state index >= 15 is 0 Å². The number of hydrogen-bond acceptors (Lipinski definition) is 7. The Morgan fingerprint density at radius 2 is 1.91 bits per heavy atom. The molecular weight excluding hydrogens is 410 g/mol. The molecule has 0 unspecified atom stereocenters. The van der Waals surface area contributed by atoms with Gasteiger partial charge in [0.1, 0.15) is 11.9 Å². The van der Waals surface area contributed by atoms with Gasteiger partial charge in [-0.15, -0.1) is 0 Å². The molecule has 0 aliphatic carbocycles. The molecule has 1 aromatic carbocycles. The van der Waals surface area contributed by atoms with E-state index in [-0.39, 0.29) is 6.61 Å². The first-order chi connectivity index (χ1) is 15.4. The summed E-state index contributed by atoms with van der Waals surface area (Å²) in [5.41, 5.74) is 1.94. The molecular formula is C25H27NO6. The lowest BCUT2D eigenvalue weighted by atomic mass is 10.1. The van der Waals surface area contributed by atoms with Crippen LogP contribution in [0.5, 0.6) is 0 Å². The molecule has 2 fully saturated rings. The molecule has 0 amide bonds. The summed E-state index contributed by atoms with van der Waals surface area (Å²) < 4.78 is 29.4. The second-order valence-corrected chi connectivity index (χ2v) is 7.93. The summed E-state index contributed by atoms with van der Waals surface area (Å²) in [6.45, 7) is 6.03. The van der Waals surface area contributed by atoms with E-state index in [1.165, 1.54) is 0 Å². The lowest BCUT2D eigenvalue weighted by Crippen LogP contribution is -2.31. The van der Waals surface area contributed by atoms with E-state index in [9.17, 15) is 4.79 Å². The van der Waals surface area contributed by atoms with Crippen molar-refractivity contribution < 1.29 is 28.5 Å². The third-order valence-corrected chi connectivity index (χ3v) is 4.99. The highest BCUT2D eigenvalue weighted by molar-refractivity contribution is 5.96. The molecule has 2 aliphatic rings. The minimum Gasteiger partial charge on any atom is -0.463 e. The average molecular weight is 437 g/mol. The number of nitrogens with zero attached hydrogens (tertiary/aromatic N) is 1. The van der Waals surface area contributed by atoms with E-state index < -0.39 is 30.3 Å². The van der Waals surface area contributed by atoms with Crippen molar-refractivity contribution in [2.24, 2.45) is 0 Å². The van der Waals surface area contributed by atoms with E-state index in [1.54, 1.807) is 31.3 Å². The Morgan fingerprint density at radius 3 is 2.62 bits per heavy atom. The zero-order valence-corrected chi connectivity index (χ0v) is 18.4. The van der Waals surface area contributed by atoms with Crippen LogP contribution in [0.2, 0.25) is 0 Å². The Labute approximate surface area is 187 Å². The van der Waals surface area contributed by atoms with Crippen molar-refractivity contribution in [2.75, 3.05) is 6.61 Å². The second-order valence-electron chi connectivity index (χ2n) is 7.93. The topological polar surface area (TPSA) is 76.1 Å². The van der Waals surface area contributed by atoms with E-state index in [2.05, 4.69) is 4.98 Å². The first-order valence-electron chi connectivity index (χ1n) is 10.6. The number of carbonyl (C=O) groups excluding carboxylic acids is 1. The van der Waals surface area contributed by atoms with Crippen LogP contribution in [0.3, 0.4) is 0 Å². The minimum atomic E-state index is -0.789. The maximum absolute atomic E-state index is 12.6. The van der Waals surface area contributed by atoms with Gasteiger partial charge >= 0.3 is 5.97 Å². The van der Waals surface area contributed by atoms with Gasteiger partial charge in [-0.05, 0) is 50.6 Å². The normalized spacial score (nSPS) is 25.4. The van der Waals surface area contributed by atoms with Gasteiger partial charge in [0.15, 0.2) is 11.9 Å². The fourth-order valence-corrected chi connectivity index (χ4v) is 3.62. The summed E-state index contributed by atoms with van der Waals surface area (Å²) in [6, 6.07) is 15.3. The fourth-order valence-electron chi connectivity index (χ4n) is 3.62. The quantitative estimate of drug-likeness (QED) is 0.479. The molecule has 4 rings (SSSR count). The molecule has 2 saturated heterocycles. The Hall–Kier alpha value is -3.00. The lowest BCUT2D eigenvalue weighted by molar-refractivity contribution is -0.191. The van der Waals surface area contributed by atoms with E-state index in [4.69, 9.17) is 23.7 Å². The maximum Gasteiger partial charge on any atom is 0.338 e. The summed E-state index contributed by atoms with van der Waals surface area (Å²) in [5.74, 6) is -0.819. The zero-order chi connectivity index (χ0) is 22.6. The lowest BCUT2D eigenvalue weighted by Gasteiger charge is -2.22. The van der Waals surface area contributed by atoms with Crippen molar-refractivity contribution in [1.82, 2.24) is 4.98 Å². The van der Waals surface area contributed by atoms with Crippen molar-refractivity contribution in [2.45, 2.75) is 51.7 Å². The first kappa shape index (κ1) is 22.2. The van der Waals surface area contributed by atoms with Crippen LogP contribution in [0.4, 0.5) is 0 Å². The highest BCUT2D eigenvalue weighted by Crippen LogP contribution is 2.41. The van der Waals surface area contributed by atoms with Gasteiger partial charge in [0, 0.05) is 6.20 Å². The van der Waals surface area contributed by atoms with Gasteiger partial charge in [0.25, 0.3) is 0 Å². The largest absolute Gasteiger partial charge is 0.463 e. The van der Waals surface area contributed by atoms with Crippen LogP contribution in [0.25, 0.3) is 6.08 Å². The van der Waals surface area contributed by atoms with Gasteiger partial charge in [0.05, 0.1) is 24.5 Å². The van der Waals surface area contributed by atoms with Crippen molar-refractivity contribution in [3.8, 4) is 0 Å². The van der Waals surface area contributed by atoms with E-state index in [1.807, 2.05) is 56.3 Å². The van der Waals surface area contributed by atoms with Crippen LogP contribution in [-0.4, -0.2) is 41.8 Å². The van der Waals surface area contributed by atoms with Crippen LogP contribution < -0.4 is 0 Å². The van der Waals surface area contributed by atoms with Crippen LogP contribution in [-0.2, 0) is 35.1 Å². The summed E-state index contributed by atoms with van der Waals surface area (Å²) >= 11 is 0. The summed E-state index contributed by atoms with van der Waals surface area (Å²) in [7, 11) is 0. The Kier molecular flexibility index (Phi) is 6.69.